The zero-order chi connectivity index (χ0) is 23.6. The van der Waals surface area contributed by atoms with Gasteiger partial charge in [-0.1, -0.05) is 66.2 Å². The summed E-state index contributed by atoms with van der Waals surface area (Å²) in [5, 5.41) is -0.0140. The molecule has 0 saturated heterocycles. The zero-order valence-electron chi connectivity index (χ0n) is 17.5. The molecule has 2 N–H and O–H groups in total. The average molecular weight is 485 g/mol. The fourth-order valence-corrected chi connectivity index (χ4v) is 5.65. The van der Waals surface area contributed by atoms with E-state index in [0.29, 0.717) is 18.5 Å². The number of nitrogens with zero attached hydrogens (tertiary/aromatic N) is 1. The van der Waals surface area contributed by atoms with E-state index in [1.807, 2.05) is 24.3 Å². The van der Waals surface area contributed by atoms with Crippen LogP contribution >= 0.6 is 11.6 Å². The van der Waals surface area contributed by atoms with Gasteiger partial charge in [0.15, 0.2) is 0 Å². The minimum absolute atomic E-state index is 0.0140. The number of halogens is 1. The Kier molecular flexibility index (Phi) is 6.51. The predicted octanol–water partition coefficient (Wildman–Crippen LogP) is 3.47. The number of carbonyl (C=O) groups excluding carboxylic acids is 2. The third-order valence-corrected chi connectivity index (χ3v) is 7.79. The van der Waals surface area contributed by atoms with Crippen molar-refractivity contribution in [3.8, 4) is 0 Å². The number of nitrogens with two attached hydrogens (primary N) is 1. The molecule has 33 heavy (non-hydrogen) atoms. The molecule has 9 heteroatoms. The molecule has 0 radical (unpaired) electrons. The second kappa shape index (κ2) is 9.35. The largest absolute Gasteiger partial charge is 0.444 e. The molecule has 0 spiro atoms. The number of primary amides is 1. The minimum atomic E-state index is -3.99. The van der Waals surface area contributed by atoms with Gasteiger partial charge < -0.3 is 10.5 Å². The van der Waals surface area contributed by atoms with Crippen LogP contribution in [-0.4, -0.2) is 31.1 Å². The molecule has 0 fully saturated rings. The van der Waals surface area contributed by atoms with Crippen LogP contribution in [0.5, 0.6) is 0 Å². The molecule has 1 atom stereocenters. The van der Waals surface area contributed by atoms with E-state index in [1.165, 1.54) is 22.5 Å². The summed E-state index contributed by atoms with van der Waals surface area (Å²) in [5.41, 5.74) is 7.79. The maximum atomic E-state index is 13.4. The number of carbonyl (C=O) groups is 2. The number of hydrogen-bond acceptors (Lipinski definition) is 5. The first-order chi connectivity index (χ1) is 15.8. The lowest BCUT2D eigenvalue weighted by molar-refractivity contribution is -0.127. The van der Waals surface area contributed by atoms with Crippen LogP contribution in [0.1, 0.15) is 33.2 Å². The minimum Gasteiger partial charge on any atom is -0.444 e. The van der Waals surface area contributed by atoms with Crippen LogP contribution < -0.4 is 5.73 Å². The molecule has 4 rings (SSSR count). The van der Waals surface area contributed by atoms with Gasteiger partial charge >= 0.3 is 5.97 Å². The van der Waals surface area contributed by atoms with E-state index in [2.05, 4.69) is 0 Å². The first-order valence-electron chi connectivity index (χ1n) is 10.2. The smallest absolute Gasteiger partial charge is 0.339 e. The Balaban J connectivity index is 1.61. The molecule has 170 valence electrons. The molecule has 3 aromatic carbocycles. The topological polar surface area (TPSA) is 107 Å². The highest BCUT2D eigenvalue weighted by Crippen LogP contribution is 2.30. The first-order valence-corrected chi connectivity index (χ1v) is 12.0. The molecule has 1 aliphatic rings. The van der Waals surface area contributed by atoms with Gasteiger partial charge in [0.05, 0.1) is 10.6 Å². The number of ether oxygens (including phenoxy) is 1. The van der Waals surface area contributed by atoms with Gasteiger partial charge in [-0.15, -0.1) is 0 Å². The molecule has 1 aliphatic heterocycles. The Morgan fingerprint density at radius 3 is 2.33 bits per heavy atom. The predicted molar refractivity (Wildman–Crippen MR) is 123 cm³/mol. The van der Waals surface area contributed by atoms with E-state index in [1.54, 1.807) is 30.3 Å². The Labute approximate surface area is 196 Å². The van der Waals surface area contributed by atoms with Crippen LogP contribution in [0.15, 0.2) is 77.7 Å². The molecule has 0 saturated carbocycles. The fraction of sp³-hybridized carbons (Fsp3) is 0.167. The second-order valence-electron chi connectivity index (χ2n) is 7.60. The number of esters is 1. The maximum Gasteiger partial charge on any atom is 0.339 e. The van der Waals surface area contributed by atoms with Crippen LogP contribution in [-0.2, 0) is 32.5 Å². The van der Waals surface area contributed by atoms with Crippen molar-refractivity contribution in [2.75, 3.05) is 6.54 Å². The third-order valence-electron chi connectivity index (χ3n) is 5.47. The molecule has 0 aromatic heterocycles. The van der Waals surface area contributed by atoms with Gasteiger partial charge in [-0.2, -0.15) is 4.31 Å². The molecule has 1 amide bonds. The van der Waals surface area contributed by atoms with Crippen molar-refractivity contribution in [1.29, 1.82) is 0 Å². The highest BCUT2D eigenvalue weighted by Gasteiger charge is 2.31. The van der Waals surface area contributed by atoms with E-state index in [4.69, 9.17) is 22.1 Å². The van der Waals surface area contributed by atoms with E-state index < -0.39 is 28.0 Å². The van der Waals surface area contributed by atoms with Crippen LogP contribution in [0.4, 0.5) is 0 Å². The van der Waals surface area contributed by atoms with Crippen LogP contribution in [0.3, 0.4) is 0 Å². The summed E-state index contributed by atoms with van der Waals surface area (Å²) in [7, 11) is -3.99. The summed E-state index contributed by atoms with van der Waals surface area (Å²) in [6.07, 6.45) is -0.736. The molecule has 1 unspecified atom stereocenters. The number of hydrogen-bond donors (Lipinski definition) is 1. The summed E-state index contributed by atoms with van der Waals surface area (Å²) in [4.78, 5) is 24.5. The first kappa shape index (κ1) is 23.0. The van der Waals surface area contributed by atoms with E-state index in [-0.39, 0.29) is 22.0 Å². The average Bonchev–Trinajstić information content (AvgIpc) is 2.82. The number of amides is 1. The fourth-order valence-electron chi connectivity index (χ4n) is 3.74. The van der Waals surface area contributed by atoms with Gasteiger partial charge in [0, 0.05) is 18.7 Å². The number of benzene rings is 3. The zero-order valence-corrected chi connectivity index (χ0v) is 19.1. The molecule has 0 bridgehead atoms. The van der Waals surface area contributed by atoms with Crippen molar-refractivity contribution in [1.82, 2.24) is 4.31 Å². The van der Waals surface area contributed by atoms with Gasteiger partial charge in [-0.3, -0.25) is 4.79 Å². The van der Waals surface area contributed by atoms with Gasteiger partial charge in [0.1, 0.15) is 4.90 Å². The van der Waals surface area contributed by atoms with Crippen molar-refractivity contribution in [3.63, 3.8) is 0 Å². The van der Waals surface area contributed by atoms with Crippen LogP contribution in [0, 0.1) is 0 Å². The van der Waals surface area contributed by atoms with Gasteiger partial charge in [-0.05, 0) is 35.7 Å². The van der Waals surface area contributed by atoms with Gasteiger partial charge in [0.2, 0.25) is 16.1 Å². The Morgan fingerprint density at radius 1 is 0.970 bits per heavy atom. The van der Waals surface area contributed by atoms with Crippen molar-refractivity contribution in [2.24, 2.45) is 5.73 Å². The van der Waals surface area contributed by atoms with E-state index in [9.17, 15) is 18.0 Å². The molecule has 3 aromatic rings. The third kappa shape index (κ3) is 4.78. The standard InChI is InChI=1S/C24H21ClN2O5S/c25-20-11-10-18(24(29)32-22(23(26)28)17-7-2-1-3-8-17)14-21(20)33(30,31)27-13-12-16-6-4-5-9-19(16)15-27/h1-11,14,22H,12-13,15H2,(H2,26,28). The van der Waals surface area contributed by atoms with Crippen LogP contribution in [0.2, 0.25) is 5.02 Å². The maximum absolute atomic E-state index is 13.4. The highest BCUT2D eigenvalue weighted by molar-refractivity contribution is 7.89. The molecular weight excluding hydrogens is 464 g/mol. The van der Waals surface area contributed by atoms with E-state index in [0.717, 1.165) is 11.1 Å². The van der Waals surface area contributed by atoms with Crippen LogP contribution in [0.25, 0.3) is 0 Å². The number of rotatable bonds is 6. The summed E-state index contributed by atoms with van der Waals surface area (Å²) >= 11 is 6.22. The Hall–Kier alpha value is -3.20. The molecule has 7 nitrogen and oxygen atoms in total. The summed E-state index contributed by atoms with van der Waals surface area (Å²) in [6.45, 7) is 0.503. The quantitative estimate of drug-likeness (QED) is 0.539. The van der Waals surface area contributed by atoms with E-state index >= 15 is 0 Å². The Morgan fingerprint density at radius 2 is 1.64 bits per heavy atom. The van der Waals surface area contributed by atoms with Crippen molar-refractivity contribution < 1.29 is 22.7 Å². The SMILES string of the molecule is NC(=O)C(OC(=O)c1ccc(Cl)c(S(=O)(=O)N2CCc3ccccc3C2)c1)c1ccccc1. The van der Waals surface area contributed by atoms with Crippen molar-refractivity contribution >= 4 is 33.5 Å². The second-order valence-corrected chi connectivity index (χ2v) is 9.91. The lowest BCUT2D eigenvalue weighted by Gasteiger charge is -2.28. The monoisotopic (exact) mass is 484 g/mol. The Bertz CT molecular complexity index is 1310. The lowest BCUT2D eigenvalue weighted by Crippen LogP contribution is -2.36. The van der Waals surface area contributed by atoms with Gasteiger partial charge in [0.25, 0.3) is 5.91 Å². The van der Waals surface area contributed by atoms with Gasteiger partial charge in [-0.25, -0.2) is 13.2 Å². The summed E-state index contributed by atoms with van der Waals surface area (Å²) < 4.78 is 33.4. The number of sulfonamides is 1. The summed E-state index contributed by atoms with van der Waals surface area (Å²) in [5.74, 6) is -1.73. The molecule has 1 heterocycles. The summed E-state index contributed by atoms with van der Waals surface area (Å²) in [6, 6.07) is 19.8. The number of fused-ring (bicyclic) bond motifs is 1. The lowest BCUT2D eigenvalue weighted by atomic mass is 10.0. The molecule has 0 aliphatic carbocycles. The van der Waals surface area contributed by atoms with Crippen molar-refractivity contribution in [2.45, 2.75) is 24.0 Å². The normalized spacial score (nSPS) is 14.8. The highest BCUT2D eigenvalue weighted by atomic mass is 35.5. The molecular formula is C24H21ClN2O5S. The van der Waals surface area contributed by atoms with Crippen molar-refractivity contribution in [3.05, 3.63) is 100 Å².